The van der Waals surface area contributed by atoms with Crippen molar-refractivity contribution in [2.75, 3.05) is 13.1 Å². The number of amides is 1. The number of piperazine rings is 1. The lowest BCUT2D eigenvalue weighted by Gasteiger charge is -2.36. The number of hydrogen-bond donors (Lipinski definition) is 1. The molecular weight excluding hydrogens is 257 g/mol. The van der Waals surface area contributed by atoms with Crippen LogP contribution in [0.2, 0.25) is 0 Å². The molecule has 3 nitrogen and oxygen atoms in total. The molecule has 102 valence electrons. The largest absolute Gasteiger partial charge is 0.417 e. The standard InChI is InChI=1S/C13H13F3N2O/c1-7-11-8-3-2-4-9(13(14,15)16)10(8)12(19)18(11)6-5-17-7/h2-4,7,11,17H,5-6H2,1H3/t7-,11?/m1/s1. The smallest absolute Gasteiger partial charge is 0.329 e. The molecule has 19 heavy (non-hydrogen) atoms. The van der Waals surface area contributed by atoms with Crippen molar-refractivity contribution >= 4 is 5.91 Å². The fraction of sp³-hybridized carbons (Fsp3) is 0.462. The Morgan fingerprint density at radius 1 is 1.37 bits per heavy atom. The molecule has 0 bridgehead atoms. The lowest BCUT2D eigenvalue weighted by Crippen LogP contribution is -2.50. The highest BCUT2D eigenvalue weighted by Gasteiger charge is 2.46. The molecule has 1 unspecified atom stereocenters. The molecule has 0 aliphatic carbocycles. The molecule has 2 heterocycles. The monoisotopic (exact) mass is 270 g/mol. The Labute approximate surface area is 108 Å². The molecule has 3 rings (SSSR count). The van der Waals surface area contributed by atoms with Crippen molar-refractivity contribution in [2.45, 2.75) is 25.2 Å². The third kappa shape index (κ3) is 1.74. The fourth-order valence-corrected chi connectivity index (χ4v) is 3.03. The molecule has 1 saturated heterocycles. The average molecular weight is 270 g/mol. The number of fused-ring (bicyclic) bond motifs is 3. The van der Waals surface area contributed by atoms with Crippen LogP contribution in [0.15, 0.2) is 18.2 Å². The van der Waals surface area contributed by atoms with Crippen LogP contribution in [0, 0.1) is 0 Å². The van der Waals surface area contributed by atoms with Crippen LogP contribution >= 0.6 is 0 Å². The summed E-state index contributed by atoms with van der Waals surface area (Å²) >= 11 is 0. The van der Waals surface area contributed by atoms with Crippen molar-refractivity contribution in [1.82, 2.24) is 10.2 Å². The van der Waals surface area contributed by atoms with Crippen LogP contribution in [-0.4, -0.2) is 29.9 Å². The summed E-state index contributed by atoms with van der Waals surface area (Å²) in [4.78, 5) is 13.8. The van der Waals surface area contributed by atoms with Crippen LogP contribution in [0.1, 0.15) is 34.5 Å². The quantitative estimate of drug-likeness (QED) is 0.783. The van der Waals surface area contributed by atoms with Gasteiger partial charge in [0.05, 0.1) is 17.2 Å². The van der Waals surface area contributed by atoms with Gasteiger partial charge in [-0.2, -0.15) is 13.2 Å². The van der Waals surface area contributed by atoms with Gasteiger partial charge in [0.25, 0.3) is 5.91 Å². The summed E-state index contributed by atoms with van der Waals surface area (Å²) in [6.45, 7) is 2.94. The van der Waals surface area contributed by atoms with Gasteiger partial charge in [-0.05, 0) is 18.6 Å². The highest BCUT2D eigenvalue weighted by atomic mass is 19.4. The summed E-state index contributed by atoms with van der Waals surface area (Å²) in [5, 5.41) is 3.20. The molecule has 2 aliphatic rings. The van der Waals surface area contributed by atoms with Crippen molar-refractivity contribution in [2.24, 2.45) is 0 Å². The maximum absolute atomic E-state index is 13.0. The summed E-state index contributed by atoms with van der Waals surface area (Å²) in [7, 11) is 0. The van der Waals surface area contributed by atoms with E-state index in [1.54, 1.807) is 11.0 Å². The maximum atomic E-state index is 13.0. The van der Waals surface area contributed by atoms with Crippen LogP contribution < -0.4 is 5.32 Å². The fourth-order valence-electron chi connectivity index (χ4n) is 3.03. The van der Waals surface area contributed by atoms with Crippen LogP contribution in [0.4, 0.5) is 13.2 Å². The van der Waals surface area contributed by atoms with E-state index in [4.69, 9.17) is 0 Å². The molecule has 1 aromatic rings. The summed E-state index contributed by atoms with van der Waals surface area (Å²) in [6, 6.07) is 3.64. The molecule has 0 radical (unpaired) electrons. The highest BCUT2D eigenvalue weighted by molar-refractivity contribution is 6.01. The van der Waals surface area contributed by atoms with Crippen molar-refractivity contribution in [3.05, 3.63) is 34.9 Å². The molecule has 1 N–H and O–H groups in total. The van der Waals surface area contributed by atoms with Crippen LogP contribution in [0.3, 0.4) is 0 Å². The number of alkyl halides is 3. The van der Waals surface area contributed by atoms with Gasteiger partial charge in [0, 0.05) is 19.1 Å². The van der Waals surface area contributed by atoms with E-state index in [1.165, 1.54) is 6.07 Å². The molecule has 0 saturated carbocycles. The number of halogens is 3. The lowest BCUT2D eigenvalue weighted by molar-refractivity contribution is -0.137. The van der Waals surface area contributed by atoms with Gasteiger partial charge >= 0.3 is 6.18 Å². The first-order valence-electron chi connectivity index (χ1n) is 6.15. The number of benzene rings is 1. The van der Waals surface area contributed by atoms with Crippen LogP contribution in [-0.2, 0) is 6.18 Å². The molecule has 1 fully saturated rings. The second-order valence-electron chi connectivity index (χ2n) is 4.95. The molecule has 0 aromatic heterocycles. The first-order chi connectivity index (χ1) is 8.91. The number of carbonyl (C=O) groups is 1. The van der Waals surface area contributed by atoms with Gasteiger partial charge in [0.15, 0.2) is 0 Å². The Balaban J connectivity index is 2.18. The van der Waals surface area contributed by atoms with E-state index in [2.05, 4.69) is 5.32 Å². The van der Waals surface area contributed by atoms with Gasteiger partial charge in [-0.1, -0.05) is 12.1 Å². The van der Waals surface area contributed by atoms with E-state index in [-0.39, 0.29) is 17.6 Å². The number of nitrogens with one attached hydrogen (secondary N) is 1. The van der Waals surface area contributed by atoms with Gasteiger partial charge in [-0.25, -0.2) is 0 Å². The molecule has 2 aliphatic heterocycles. The Morgan fingerprint density at radius 2 is 2.11 bits per heavy atom. The second kappa shape index (κ2) is 3.96. The summed E-state index contributed by atoms with van der Waals surface area (Å²) < 4.78 is 39.0. The van der Waals surface area contributed by atoms with Gasteiger partial charge < -0.3 is 10.2 Å². The molecule has 1 aromatic carbocycles. The first-order valence-corrected chi connectivity index (χ1v) is 6.15. The molecular formula is C13H13F3N2O. The van der Waals surface area contributed by atoms with E-state index < -0.39 is 17.6 Å². The van der Waals surface area contributed by atoms with Crippen LogP contribution in [0.5, 0.6) is 0 Å². The number of carbonyl (C=O) groups excluding carboxylic acids is 1. The third-order valence-electron chi connectivity index (χ3n) is 3.82. The summed E-state index contributed by atoms with van der Waals surface area (Å²) in [5.74, 6) is -0.499. The van der Waals surface area contributed by atoms with Gasteiger partial charge in [-0.3, -0.25) is 4.79 Å². The van der Waals surface area contributed by atoms with Gasteiger partial charge in [0.2, 0.25) is 0 Å². The Hall–Kier alpha value is -1.56. The molecule has 2 atom stereocenters. The van der Waals surface area contributed by atoms with Crippen molar-refractivity contribution in [3.8, 4) is 0 Å². The average Bonchev–Trinajstić information content (AvgIpc) is 2.64. The minimum atomic E-state index is -4.49. The molecule has 0 spiro atoms. The predicted molar refractivity (Wildman–Crippen MR) is 62.7 cm³/mol. The molecule has 6 heteroatoms. The number of nitrogens with zero attached hydrogens (tertiary/aromatic N) is 1. The predicted octanol–water partition coefficient (Wildman–Crippen LogP) is 2.19. The minimum absolute atomic E-state index is 0.0394. The van der Waals surface area contributed by atoms with Crippen molar-refractivity contribution in [3.63, 3.8) is 0 Å². The van der Waals surface area contributed by atoms with Crippen molar-refractivity contribution < 1.29 is 18.0 Å². The topological polar surface area (TPSA) is 32.3 Å². The van der Waals surface area contributed by atoms with Crippen LogP contribution in [0.25, 0.3) is 0 Å². The van der Waals surface area contributed by atoms with E-state index in [1.807, 2.05) is 6.92 Å². The second-order valence-corrected chi connectivity index (χ2v) is 4.95. The summed E-state index contributed by atoms with van der Waals surface area (Å²) in [6.07, 6.45) is -4.49. The number of rotatable bonds is 0. The SMILES string of the molecule is C[C@H]1NCCN2C(=O)c3c(cccc3C(F)(F)F)C12. The third-order valence-corrected chi connectivity index (χ3v) is 3.82. The summed E-state index contributed by atoms with van der Waals surface area (Å²) in [5.41, 5.74) is -0.508. The zero-order valence-corrected chi connectivity index (χ0v) is 10.3. The lowest BCUT2D eigenvalue weighted by atomic mass is 9.95. The van der Waals surface area contributed by atoms with E-state index in [0.717, 1.165) is 6.07 Å². The van der Waals surface area contributed by atoms with E-state index in [0.29, 0.717) is 18.7 Å². The first kappa shape index (κ1) is 12.5. The Morgan fingerprint density at radius 3 is 2.79 bits per heavy atom. The minimum Gasteiger partial charge on any atom is -0.329 e. The normalized spacial score (nSPS) is 26.3. The number of hydrogen-bond acceptors (Lipinski definition) is 2. The maximum Gasteiger partial charge on any atom is 0.417 e. The Bertz CT molecular complexity index is 541. The zero-order chi connectivity index (χ0) is 13.8. The van der Waals surface area contributed by atoms with E-state index in [9.17, 15) is 18.0 Å². The molecule has 1 amide bonds. The Kier molecular flexibility index (Phi) is 2.60. The van der Waals surface area contributed by atoms with Gasteiger partial charge in [-0.15, -0.1) is 0 Å². The van der Waals surface area contributed by atoms with Crippen molar-refractivity contribution in [1.29, 1.82) is 0 Å². The van der Waals surface area contributed by atoms with Gasteiger partial charge in [0.1, 0.15) is 0 Å². The highest BCUT2D eigenvalue weighted by Crippen LogP contribution is 2.43. The van der Waals surface area contributed by atoms with E-state index >= 15 is 0 Å². The zero-order valence-electron chi connectivity index (χ0n) is 10.3.